The highest BCUT2D eigenvalue weighted by molar-refractivity contribution is 5.69. The molecule has 1 spiro atoms. The molecule has 0 aromatic heterocycles. The van der Waals surface area contributed by atoms with Gasteiger partial charge in [-0.15, -0.1) is 0 Å². The smallest absolute Gasteiger partial charge is 0.410 e. The molecule has 4 nitrogen and oxygen atoms in total. The van der Waals surface area contributed by atoms with E-state index in [9.17, 15) is 4.79 Å². The van der Waals surface area contributed by atoms with E-state index < -0.39 is 5.60 Å². The van der Waals surface area contributed by atoms with Crippen molar-refractivity contribution in [3.8, 4) is 0 Å². The Hall–Kier alpha value is -0.770. The Kier molecular flexibility index (Phi) is 2.23. The van der Waals surface area contributed by atoms with Gasteiger partial charge in [-0.1, -0.05) is 0 Å². The molecule has 1 saturated heterocycles. The third-order valence-corrected chi connectivity index (χ3v) is 3.24. The molecule has 0 aromatic rings. The summed E-state index contributed by atoms with van der Waals surface area (Å²) in [6, 6.07) is 0. The van der Waals surface area contributed by atoms with Gasteiger partial charge in [0, 0.05) is 25.1 Å². The van der Waals surface area contributed by atoms with E-state index in [1.165, 1.54) is 0 Å². The summed E-state index contributed by atoms with van der Waals surface area (Å²) >= 11 is 0. The second-order valence-corrected chi connectivity index (χ2v) is 5.78. The number of rotatable bonds is 1. The van der Waals surface area contributed by atoms with Gasteiger partial charge in [0.15, 0.2) is 0 Å². The fourth-order valence-electron chi connectivity index (χ4n) is 2.25. The Labute approximate surface area is 90.2 Å². The van der Waals surface area contributed by atoms with Crippen molar-refractivity contribution < 1.29 is 14.6 Å². The maximum atomic E-state index is 11.6. The lowest BCUT2D eigenvalue weighted by molar-refractivity contribution is -0.0111. The number of hydrogen-bond donors (Lipinski definition) is 1. The van der Waals surface area contributed by atoms with Crippen LogP contribution in [-0.2, 0) is 4.74 Å². The average molecular weight is 213 g/mol. The Morgan fingerprint density at radius 2 is 2.13 bits per heavy atom. The molecular weight excluding hydrogens is 194 g/mol. The molecule has 0 aromatic carbocycles. The molecule has 0 bridgehead atoms. The normalized spacial score (nSPS) is 27.5. The zero-order valence-electron chi connectivity index (χ0n) is 9.62. The van der Waals surface area contributed by atoms with Crippen LogP contribution in [0.1, 0.15) is 27.2 Å². The molecule has 2 aliphatic rings. The van der Waals surface area contributed by atoms with Crippen molar-refractivity contribution in [1.82, 2.24) is 4.90 Å². The highest BCUT2D eigenvalue weighted by atomic mass is 16.6. The van der Waals surface area contributed by atoms with Crippen molar-refractivity contribution in [2.24, 2.45) is 11.3 Å². The van der Waals surface area contributed by atoms with Crippen molar-refractivity contribution in [2.75, 3.05) is 19.7 Å². The summed E-state index contributed by atoms with van der Waals surface area (Å²) in [4.78, 5) is 13.3. The van der Waals surface area contributed by atoms with E-state index >= 15 is 0 Å². The van der Waals surface area contributed by atoms with E-state index in [0.717, 1.165) is 19.5 Å². The van der Waals surface area contributed by atoms with Crippen molar-refractivity contribution in [3.63, 3.8) is 0 Å². The standard InChI is InChI=1S/C11H19NO3/c1-10(2,3)15-9(14)12-6-11(7-12)4-8(11)5-13/h8,13H,4-7H2,1-3H3/t8-/m0/s1. The van der Waals surface area contributed by atoms with Crippen LogP contribution in [0.5, 0.6) is 0 Å². The van der Waals surface area contributed by atoms with Gasteiger partial charge in [0.05, 0.1) is 0 Å². The van der Waals surface area contributed by atoms with Crippen LogP contribution in [0.2, 0.25) is 0 Å². The fraction of sp³-hybridized carbons (Fsp3) is 0.909. The van der Waals surface area contributed by atoms with Crippen LogP contribution in [0.4, 0.5) is 4.79 Å². The molecule has 1 atom stereocenters. The minimum absolute atomic E-state index is 0.225. The first kappa shape index (κ1) is 10.7. The van der Waals surface area contributed by atoms with E-state index in [2.05, 4.69) is 0 Å². The van der Waals surface area contributed by atoms with Crippen LogP contribution in [0.25, 0.3) is 0 Å². The second-order valence-electron chi connectivity index (χ2n) is 5.78. The van der Waals surface area contributed by atoms with Crippen LogP contribution >= 0.6 is 0 Å². The SMILES string of the molecule is CC(C)(C)OC(=O)N1CC2(C[C@H]2CO)C1. The minimum Gasteiger partial charge on any atom is -0.444 e. The molecule has 1 aliphatic heterocycles. The Balaban J connectivity index is 1.78. The molecule has 0 radical (unpaired) electrons. The second kappa shape index (κ2) is 3.11. The van der Waals surface area contributed by atoms with Crippen molar-refractivity contribution >= 4 is 6.09 Å². The van der Waals surface area contributed by atoms with Gasteiger partial charge in [-0.05, 0) is 33.1 Å². The maximum absolute atomic E-state index is 11.6. The summed E-state index contributed by atoms with van der Waals surface area (Å²) in [6.07, 6.45) is 0.833. The number of aliphatic hydroxyl groups excluding tert-OH is 1. The zero-order valence-corrected chi connectivity index (χ0v) is 9.62. The highest BCUT2D eigenvalue weighted by Crippen LogP contribution is 2.58. The molecule has 2 fully saturated rings. The summed E-state index contributed by atoms with van der Waals surface area (Å²) in [7, 11) is 0. The largest absolute Gasteiger partial charge is 0.444 e. The maximum Gasteiger partial charge on any atom is 0.410 e. The van der Waals surface area contributed by atoms with Crippen LogP contribution in [0, 0.1) is 11.3 Å². The van der Waals surface area contributed by atoms with E-state index in [1.54, 1.807) is 4.90 Å². The lowest BCUT2D eigenvalue weighted by atomic mass is 9.94. The van der Waals surface area contributed by atoms with Gasteiger partial charge < -0.3 is 14.7 Å². The summed E-state index contributed by atoms with van der Waals surface area (Å²) in [5.41, 5.74) is -0.175. The summed E-state index contributed by atoms with van der Waals surface area (Å²) in [5, 5.41) is 8.98. The van der Waals surface area contributed by atoms with E-state index in [0.29, 0.717) is 5.92 Å². The van der Waals surface area contributed by atoms with Gasteiger partial charge >= 0.3 is 6.09 Å². The predicted molar refractivity (Wildman–Crippen MR) is 55.4 cm³/mol. The lowest BCUT2D eigenvalue weighted by Gasteiger charge is -2.41. The number of likely N-dealkylation sites (tertiary alicyclic amines) is 1. The Bertz CT molecular complexity index is 276. The summed E-state index contributed by atoms with van der Waals surface area (Å²) in [5.74, 6) is 0.413. The number of amides is 1. The first-order chi connectivity index (χ1) is 6.86. The lowest BCUT2D eigenvalue weighted by Crippen LogP contribution is -2.54. The molecular formula is C11H19NO3. The number of aliphatic hydroxyl groups is 1. The van der Waals surface area contributed by atoms with Crippen molar-refractivity contribution in [3.05, 3.63) is 0 Å². The fourth-order valence-corrected chi connectivity index (χ4v) is 2.25. The monoisotopic (exact) mass is 213 g/mol. The number of carbonyl (C=O) groups excluding carboxylic acids is 1. The van der Waals surface area contributed by atoms with Gasteiger partial charge in [0.1, 0.15) is 5.60 Å². The minimum atomic E-state index is -0.417. The average Bonchev–Trinajstić information content (AvgIpc) is 2.71. The first-order valence-electron chi connectivity index (χ1n) is 5.45. The molecule has 86 valence electrons. The predicted octanol–water partition coefficient (Wildman–Crippen LogP) is 1.24. The van der Waals surface area contributed by atoms with E-state index in [1.807, 2.05) is 20.8 Å². The van der Waals surface area contributed by atoms with Crippen LogP contribution < -0.4 is 0 Å². The van der Waals surface area contributed by atoms with Crippen LogP contribution in [0.3, 0.4) is 0 Å². The first-order valence-corrected chi connectivity index (χ1v) is 5.45. The van der Waals surface area contributed by atoms with Gasteiger partial charge in [0.2, 0.25) is 0 Å². The molecule has 1 N–H and O–H groups in total. The third-order valence-electron chi connectivity index (χ3n) is 3.24. The molecule has 2 rings (SSSR count). The number of hydrogen-bond acceptors (Lipinski definition) is 3. The number of carbonyl (C=O) groups is 1. The molecule has 1 heterocycles. The topological polar surface area (TPSA) is 49.8 Å². The molecule has 1 amide bonds. The number of nitrogens with zero attached hydrogens (tertiary/aromatic N) is 1. The van der Waals surface area contributed by atoms with E-state index in [4.69, 9.17) is 9.84 Å². The Morgan fingerprint density at radius 1 is 1.53 bits per heavy atom. The van der Waals surface area contributed by atoms with Crippen molar-refractivity contribution in [2.45, 2.75) is 32.8 Å². The van der Waals surface area contributed by atoms with E-state index in [-0.39, 0.29) is 18.1 Å². The molecule has 1 saturated carbocycles. The number of ether oxygens (including phenoxy) is 1. The van der Waals surface area contributed by atoms with Gasteiger partial charge in [0.25, 0.3) is 0 Å². The molecule has 1 aliphatic carbocycles. The van der Waals surface area contributed by atoms with Gasteiger partial charge in [-0.2, -0.15) is 0 Å². The summed E-state index contributed by atoms with van der Waals surface area (Å²) in [6.45, 7) is 7.37. The van der Waals surface area contributed by atoms with Gasteiger partial charge in [-0.25, -0.2) is 4.79 Å². The van der Waals surface area contributed by atoms with Crippen molar-refractivity contribution in [1.29, 1.82) is 0 Å². The Morgan fingerprint density at radius 3 is 2.53 bits per heavy atom. The zero-order chi connectivity index (χ0) is 11.3. The van der Waals surface area contributed by atoms with Crippen LogP contribution in [0.15, 0.2) is 0 Å². The molecule has 4 heteroatoms. The third kappa shape index (κ3) is 1.95. The molecule has 0 unspecified atom stereocenters. The molecule has 15 heavy (non-hydrogen) atoms. The highest BCUT2D eigenvalue weighted by Gasteiger charge is 2.62. The quantitative estimate of drug-likeness (QED) is 0.713. The summed E-state index contributed by atoms with van der Waals surface area (Å²) < 4.78 is 5.26. The van der Waals surface area contributed by atoms with Gasteiger partial charge in [-0.3, -0.25) is 0 Å². The van der Waals surface area contributed by atoms with Crippen LogP contribution in [-0.4, -0.2) is 41.4 Å².